The molecule has 0 heterocycles. The van der Waals surface area contributed by atoms with Crippen molar-refractivity contribution in [3.05, 3.63) is 40.5 Å². The molecule has 1 aromatic carbocycles. The van der Waals surface area contributed by atoms with Crippen molar-refractivity contribution in [3.8, 4) is 0 Å². The number of alkyl halides is 1. The average Bonchev–Trinajstić information content (AvgIpc) is 2.44. The van der Waals surface area contributed by atoms with E-state index >= 15 is 0 Å². The monoisotopic (exact) mass is 315 g/mol. The minimum atomic E-state index is -0.751. The third kappa shape index (κ3) is 4.01. The van der Waals surface area contributed by atoms with Crippen LogP contribution in [-0.4, -0.2) is 24.5 Å². The van der Waals surface area contributed by atoms with E-state index in [0.717, 1.165) is 18.3 Å². The van der Waals surface area contributed by atoms with Crippen LogP contribution in [-0.2, 0) is 4.79 Å². The summed E-state index contributed by atoms with van der Waals surface area (Å²) in [4.78, 5) is 11.9. The van der Waals surface area contributed by atoms with Crippen molar-refractivity contribution in [2.75, 3.05) is 12.4 Å². The zero-order valence-corrected chi connectivity index (χ0v) is 12.2. The number of nitrogens with one attached hydrogen (secondary N) is 2. The van der Waals surface area contributed by atoms with Crippen LogP contribution in [0.15, 0.2) is 17.7 Å². The summed E-state index contributed by atoms with van der Waals surface area (Å²) in [5.74, 6) is -1.65. The average molecular weight is 316 g/mol. The molecule has 0 spiro atoms. The van der Waals surface area contributed by atoms with Crippen LogP contribution in [0.4, 0.5) is 8.78 Å². The van der Waals surface area contributed by atoms with E-state index in [1.54, 1.807) is 0 Å². The molecule has 0 aliphatic heterocycles. The normalized spacial score (nSPS) is 11.8. The summed E-state index contributed by atoms with van der Waals surface area (Å²) in [6.07, 6.45) is 1.26. The predicted octanol–water partition coefficient (Wildman–Crippen LogP) is 2.34. The Hall–Kier alpha value is -1.95. The third-order valence-electron chi connectivity index (χ3n) is 2.89. The van der Waals surface area contributed by atoms with Gasteiger partial charge in [-0.25, -0.2) is 8.78 Å². The van der Waals surface area contributed by atoms with Gasteiger partial charge in [-0.2, -0.15) is 0 Å². The van der Waals surface area contributed by atoms with E-state index in [9.17, 15) is 13.6 Å². The number of hydrogen-bond donors (Lipinski definition) is 3. The van der Waals surface area contributed by atoms with Gasteiger partial charge in [-0.05, 0) is 31.0 Å². The molecule has 4 nitrogen and oxygen atoms in total. The molecule has 1 rings (SSSR count). The van der Waals surface area contributed by atoms with Crippen LogP contribution in [0, 0.1) is 24.0 Å². The zero-order chi connectivity index (χ0) is 16.0. The Morgan fingerprint density at radius 3 is 2.62 bits per heavy atom. The lowest BCUT2D eigenvalue weighted by Gasteiger charge is -2.12. The second kappa shape index (κ2) is 7.73. The van der Waals surface area contributed by atoms with Crippen LogP contribution in [0.2, 0.25) is 0 Å². The van der Waals surface area contributed by atoms with Crippen LogP contribution >= 0.6 is 11.6 Å². The molecule has 21 heavy (non-hydrogen) atoms. The Morgan fingerprint density at radius 2 is 2.05 bits per heavy atom. The van der Waals surface area contributed by atoms with Crippen molar-refractivity contribution in [2.24, 2.45) is 5.73 Å². The molecule has 1 amide bonds. The highest BCUT2D eigenvalue weighted by molar-refractivity contribution is 6.18. The van der Waals surface area contributed by atoms with Gasteiger partial charge in [0, 0.05) is 24.2 Å². The number of amides is 1. The van der Waals surface area contributed by atoms with E-state index in [1.807, 2.05) is 0 Å². The van der Waals surface area contributed by atoms with Crippen molar-refractivity contribution in [2.45, 2.75) is 13.3 Å². The van der Waals surface area contributed by atoms with E-state index in [-0.39, 0.29) is 22.4 Å². The lowest BCUT2D eigenvalue weighted by molar-refractivity contribution is -0.116. The molecule has 0 atom stereocenters. The Kier molecular flexibility index (Phi) is 6.30. The van der Waals surface area contributed by atoms with Crippen molar-refractivity contribution < 1.29 is 13.6 Å². The zero-order valence-electron chi connectivity index (χ0n) is 11.5. The summed E-state index contributed by atoms with van der Waals surface area (Å²) in [7, 11) is 0. The summed E-state index contributed by atoms with van der Waals surface area (Å²) in [6, 6.07) is 1.91. The highest BCUT2D eigenvalue weighted by Crippen LogP contribution is 2.23. The van der Waals surface area contributed by atoms with Gasteiger partial charge in [0.15, 0.2) is 0 Å². The maximum absolute atomic E-state index is 13.8. The van der Waals surface area contributed by atoms with Crippen LogP contribution in [0.1, 0.15) is 17.5 Å². The second-order valence-corrected chi connectivity index (χ2v) is 4.68. The number of rotatable bonds is 6. The standard InChI is InChI=1S/C14H16ClF2N3O/c1-8-10(16)3-4-11(17)12(8)13(19)9(7-18)14(21)20-6-2-5-15/h3-4,7,18H,2,5-6,19H2,1H3,(H,20,21)/b13-9+,18-7?. The van der Waals surface area contributed by atoms with Gasteiger partial charge >= 0.3 is 0 Å². The van der Waals surface area contributed by atoms with E-state index in [0.29, 0.717) is 18.8 Å². The number of hydrogen-bond acceptors (Lipinski definition) is 3. The van der Waals surface area contributed by atoms with E-state index in [1.165, 1.54) is 6.92 Å². The number of benzene rings is 1. The van der Waals surface area contributed by atoms with Gasteiger partial charge in [0.25, 0.3) is 5.91 Å². The van der Waals surface area contributed by atoms with Gasteiger partial charge in [-0.1, -0.05) is 0 Å². The minimum Gasteiger partial charge on any atom is -0.397 e. The van der Waals surface area contributed by atoms with Gasteiger partial charge in [-0.3, -0.25) is 4.79 Å². The quantitative estimate of drug-likeness (QED) is 0.326. The van der Waals surface area contributed by atoms with Gasteiger partial charge in [0.05, 0.1) is 11.3 Å². The second-order valence-electron chi connectivity index (χ2n) is 4.30. The molecular weight excluding hydrogens is 300 g/mol. The Labute approximate surface area is 126 Å². The Morgan fingerprint density at radius 1 is 1.43 bits per heavy atom. The third-order valence-corrected chi connectivity index (χ3v) is 3.16. The minimum absolute atomic E-state index is 0.0135. The Balaban J connectivity index is 3.22. The molecule has 7 heteroatoms. The van der Waals surface area contributed by atoms with Gasteiger partial charge < -0.3 is 16.5 Å². The summed E-state index contributed by atoms with van der Waals surface area (Å²) in [5.41, 5.74) is 5.04. The predicted molar refractivity (Wildman–Crippen MR) is 79.3 cm³/mol. The SMILES string of the molecule is Cc1c(F)ccc(F)c1/C(N)=C(/C=N)C(=O)NCCCCl. The fraction of sp³-hybridized carbons (Fsp3) is 0.286. The molecule has 0 bridgehead atoms. The van der Waals surface area contributed by atoms with Crippen molar-refractivity contribution in [1.29, 1.82) is 5.41 Å². The first-order valence-corrected chi connectivity index (χ1v) is 6.76. The van der Waals surface area contributed by atoms with Crippen LogP contribution in [0.5, 0.6) is 0 Å². The number of carbonyl (C=O) groups excluding carboxylic acids is 1. The fourth-order valence-corrected chi connectivity index (χ4v) is 1.88. The molecule has 0 aliphatic rings. The first-order valence-electron chi connectivity index (χ1n) is 6.23. The molecule has 0 aliphatic carbocycles. The summed E-state index contributed by atoms with van der Waals surface area (Å²) >= 11 is 5.49. The van der Waals surface area contributed by atoms with E-state index < -0.39 is 17.5 Å². The van der Waals surface area contributed by atoms with Crippen LogP contribution in [0.25, 0.3) is 5.70 Å². The highest BCUT2D eigenvalue weighted by atomic mass is 35.5. The molecule has 0 fully saturated rings. The topological polar surface area (TPSA) is 79.0 Å². The van der Waals surface area contributed by atoms with Crippen LogP contribution < -0.4 is 11.1 Å². The van der Waals surface area contributed by atoms with E-state index in [2.05, 4.69) is 5.32 Å². The largest absolute Gasteiger partial charge is 0.397 e. The summed E-state index contributed by atoms with van der Waals surface area (Å²) in [5, 5.41) is 9.79. The number of halogens is 3. The first-order chi connectivity index (χ1) is 9.93. The molecule has 1 aromatic rings. The molecule has 0 saturated carbocycles. The summed E-state index contributed by atoms with van der Waals surface area (Å²) in [6.45, 7) is 1.66. The summed E-state index contributed by atoms with van der Waals surface area (Å²) < 4.78 is 27.4. The number of carbonyl (C=O) groups is 1. The Bertz CT molecular complexity index is 588. The van der Waals surface area contributed by atoms with Gasteiger partial charge in [0.2, 0.25) is 0 Å². The lowest BCUT2D eigenvalue weighted by atomic mass is 10.0. The van der Waals surface area contributed by atoms with Crippen molar-refractivity contribution in [1.82, 2.24) is 5.32 Å². The van der Waals surface area contributed by atoms with Gasteiger partial charge in [0.1, 0.15) is 11.6 Å². The molecular formula is C14H16ClF2N3O. The molecule has 4 N–H and O–H groups in total. The molecule has 0 unspecified atom stereocenters. The first kappa shape index (κ1) is 17.1. The molecule has 114 valence electrons. The van der Waals surface area contributed by atoms with Crippen molar-refractivity contribution in [3.63, 3.8) is 0 Å². The maximum Gasteiger partial charge on any atom is 0.254 e. The van der Waals surface area contributed by atoms with Crippen molar-refractivity contribution >= 4 is 29.4 Å². The molecule has 0 aromatic heterocycles. The molecule has 0 saturated heterocycles. The smallest absolute Gasteiger partial charge is 0.254 e. The lowest BCUT2D eigenvalue weighted by Crippen LogP contribution is -2.28. The maximum atomic E-state index is 13.8. The van der Waals surface area contributed by atoms with Gasteiger partial charge in [-0.15, -0.1) is 11.6 Å². The highest BCUT2D eigenvalue weighted by Gasteiger charge is 2.18. The fourth-order valence-electron chi connectivity index (χ4n) is 1.75. The van der Waals surface area contributed by atoms with Crippen LogP contribution in [0.3, 0.4) is 0 Å². The van der Waals surface area contributed by atoms with E-state index in [4.69, 9.17) is 22.7 Å². The number of nitrogens with two attached hydrogens (primary N) is 1. The molecule has 0 radical (unpaired) electrons.